The summed E-state index contributed by atoms with van der Waals surface area (Å²) in [7, 11) is 0. The highest BCUT2D eigenvalue weighted by Crippen LogP contribution is 2.34. The lowest BCUT2D eigenvalue weighted by molar-refractivity contribution is -0.146. The molecule has 0 unspecified atom stereocenters. The van der Waals surface area contributed by atoms with Crippen molar-refractivity contribution in [1.82, 2.24) is 14.9 Å². The van der Waals surface area contributed by atoms with Crippen LogP contribution in [0.5, 0.6) is 0 Å². The average Bonchev–Trinajstić information content (AvgIpc) is 2.87. The van der Waals surface area contributed by atoms with Crippen molar-refractivity contribution in [2.24, 2.45) is 0 Å². The second-order valence-electron chi connectivity index (χ2n) is 4.55. The van der Waals surface area contributed by atoms with E-state index in [2.05, 4.69) is 10.3 Å². The van der Waals surface area contributed by atoms with E-state index in [0.717, 1.165) is 4.57 Å². The molecule has 1 aliphatic rings. The Labute approximate surface area is 117 Å². The molecule has 1 N–H and O–H groups in total. The van der Waals surface area contributed by atoms with Gasteiger partial charge in [0.1, 0.15) is 11.4 Å². The molecule has 7 heteroatoms. The molecule has 2 aromatic rings. The van der Waals surface area contributed by atoms with Crippen LogP contribution in [0.25, 0.3) is 11.4 Å². The molecule has 1 aromatic heterocycles. The number of nitrogens with zero attached hydrogens (tertiary/aromatic N) is 2. The Morgan fingerprint density at radius 1 is 1.24 bits per heavy atom. The predicted octanol–water partition coefficient (Wildman–Crippen LogP) is 2.21. The number of nitrogens with one attached hydrogen (secondary N) is 1. The molecular formula is C14H10F3N3O. The second-order valence-corrected chi connectivity index (χ2v) is 4.55. The predicted molar refractivity (Wildman–Crippen MR) is 69.4 cm³/mol. The van der Waals surface area contributed by atoms with Crippen molar-refractivity contribution in [3.8, 4) is 5.69 Å². The van der Waals surface area contributed by atoms with Gasteiger partial charge in [-0.05, 0) is 12.1 Å². The number of hydrogen-bond donors (Lipinski definition) is 1. The van der Waals surface area contributed by atoms with E-state index in [9.17, 15) is 18.0 Å². The minimum atomic E-state index is -4.61. The number of alkyl halides is 3. The van der Waals surface area contributed by atoms with Gasteiger partial charge in [-0.15, -0.1) is 0 Å². The Morgan fingerprint density at radius 2 is 1.95 bits per heavy atom. The summed E-state index contributed by atoms with van der Waals surface area (Å²) >= 11 is 0. The Morgan fingerprint density at radius 3 is 2.57 bits per heavy atom. The van der Waals surface area contributed by atoms with Crippen LogP contribution in [0.15, 0.2) is 30.3 Å². The Hall–Kier alpha value is -2.53. The summed E-state index contributed by atoms with van der Waals surface area (Å²) in [6.07, 6.45) is -4.26. The monoisotopic (exact) mass is 293 g/mol. The van der Waals surface area contributed by atoms with Crippen molar-refractivity contribution in [3.63, 3.8) is 0 Å². The molecule has 2 heterocycles. The van der Waals surface area contributed by atoms with E-state index in [1.807, 2.05) is 0 Å². The van der Waals surface area contributed by atoms with Crippen molar-refractivity contribution in [3.05, 3.63) is 47.5 Å². The highest BCUT2D eigenvalue weighted by Gasteiger charge is 2.40. The summed E-state index contributed by atoms with van der Waals surface area (Å²) in [6, 6.07) is 8.17. The Balaban J connectivity index is 2.32. The van der Waals surface area contributed by atoms with Gasteiger partial charge in [0.15, 0.2) is 5.94 Å². The number of hydrogen-bond acceptors (Lipinski definition) is 3. The molecule has 0 amide bonds. The van der Waals surface area contributed by atoms with Crippen molar-refractivity contribution in [2.45, 2.75) is 12.6 Å². The number of imidazole rings is 1. The lowest BCUT2D eigenvalue weighted by Gasteiger charge is -2.17. The first-order valence-corrected chi connectivity index (χ1v) is 6.26. The van der Waals surface area contributed by atoms with Crippen molar-refractivity contribution >= 4 is 11.6 Å². The number of fused-ring (bicyclic) bond motifs is 1. The lowest BCUT2D eigenvalue weighted by atomic mass is 10.1. The third kappa shape index (κ3) is 2.21. The van der Waals surface area contributed by atoms with Gasteiger partial charge in [-0.3, -0.25) is 4.57 Å². The van der Waals surface area contributed by atoms with E-state index in [1.165, 1.54) is 0 Å². The molecule has 3 rings (SSSR count). The van der Waals surface area contributed by atoms with Gasteiger partial charge < -0.3 is 5.32 Å². The van der Waals surface area contributed by atoms with Crippen molar-refractivity contribution in [2.75, 3.05) is 6.54 Å². The van der Waals surface area contributed by atoms with Gasteiger partial charge in [-0.1, -0.05) is 18.2 Å². The zero-order valence-electron chi connectivity index (χ0n) is 10.7. The molecule has 0 aliphatic carbocycles. The van der Waals surface area contributed by atoms with E-state index < -0.39 is 12.0 Å². The molecule has 0 fully saturated rings. The summed E-state index contributed by atoms with van der Waals surface area (Å²) in [5.41, 5.74) is 0.722. The molecule has 0 saturated carbocycles. The molecule has 1 aliphatic heterocycles. The maximum Gasteiger partial charge on any atom is 0.450 e. The van der Waals surface area contributed by atoms with E-state index >= 15 is 0 Å². The largest absolute Gasteiger partial charge is 0.450 e. The maximum atomic E-state index is 13.2. The minimum absolute atomic E-state index is 0.0208. The number of rotatable bonds is 1. The fourth-order valence-corrected chi connectivity index (χ4v) is 2.40. The number of aromatic nitrogens is 2. The van der Waals surface area contributed by atoms with Crippen LogP contribution in [0.3, 0.4) is 0 Å². The first-order valence-electron chi connectivity index (χ1n) is 6.26. The van der Waals surface area contributed by atoms with Crippen LogP contribution in [0.1, 0.15) is 17.2 Å². The third-order valence-corrected chi connectivity index (χ3v) is 3.24. The average molecular weight is 293 g/mol. The SMILES string of the molecule is O=C=C1NCCc2c1nc(C(F)(F)F)n2-c1ccccc1. The van der Waals surface area contributed by atoms with Crippen LogP contribution in [0.4, 0.5) is 13.2 Å². The maximum absolute atomic E-state index is 13.2. The topological polar surface area (TPSA) is 46.9 Å². The van der Waals surface area contributed by atoms with E-state index in [-0.39, 0.29) is 11.4 Å². The quantitative estimate of drug-likeness (QED) is 0.820. The zero-order valence-corrected chi connectivity index (χ0v) is 10.7. The van der Waals surface area contributed by atoms with E-state index in [0.29, 0.717) is 24.3 Å². The van der Waals surface area contributed by atoms with Crippen LogP contribution in [0.2, 0.25) is 0 Å². The molecule has 0 atom stereocenters. The lowest BCUT2D eigenvalue weighted by Crippen LogP contribution is -2.24. The van der Waals surface area contributed by atoms with Gasteiger partial charge in [-0.2, -0.15) is 13.2 Å². The highest BCUT2D eigenvalue weighted by atomic mass is 19.4. The summed E-state index contributed by atoms with van der Waals surface area (Å²) in [6.45, 7) is 0.368. The van der Waals surface area contributed by atoms with Gasteiger partial charge in [0, 0.05) is 18.7 Å². The summed E-state index contributed by atoms with van der Waals surface area (Å²) in [5, 5.41) is 2.72. The number of para-hydroxylation sites is 1. The van der Waals surface area contributed by atoms with Crippen LogP contribution in [-0.4, -0.2) is 22.0 Å². The van der Waals surface area contributed by atoms with Crippen LogP contribution in [0, 0.1) is 0 Å². The molecule has 0 spiro atoms. The fraction of sp³-hybridized carbons (Fsp3) is 0.214. The summed E-state index contributed by atoms with van der Waals surface area (Å²) in [5.74, 6) is 0.584. The first kappa shape index (κ1) is 13.5. The molecule has 0 bridgehead atoms. The minimum Gasteiger partial charge on any atom is -0.374 e. The number of carbonyl (C=O) groups excluding carboxylic acids is 1. The molecule has 1 aromatic carbocycles. The molecule has 0 saturated heterocycles. The summed E-state index contributed by atoms with van der Waals surface area (Å²) < 4.78 is 40.8. The second kappa shape index (κ2) is 4.79. The highest BCUT2D eigenvalue weighted by molar-refractivity contribution is 5.86. The van der Waals surface area contributed by atoms with Crippen LogP contribution >= 0.6 is 0 Å². The van der Waals surface area contributed by atoms with Gasteiger partial charge in [0.2, 0.25) is 5.82 Å². The number of halogens is 3. The first-order chi connectivity index (χ1) is 10.0. The third-order valence-electron chi connectivity index (χ3n) is 3.24. The molecular weight excluding hydrogens is 283 g/mol. The molecule has 0 radical (unpaired) electrons. The van der Waals surface area contributed by atoms with Gasteiger partial charge in [0.25, 0.3) is 0 Å². The van der Waals surface area contributed by atoms with Crippen molar-refractivity contribution < 1.29 is 18.0 Å². The van der Waals surface area contributed by atoms with Gasteiger partial charge >= 0.3 is 6.18 Å². The van der Waals surface area contributed by atoms with Crippen LogP contribution < -0.4 is 5.32 Å². The standard InChI is InChI=1S/C14H10F3N3O/c15-14(16,17)13-19-12-10(8-21)18-7-6-11(12)20(13)9-4-2-1-3-5-9/h1-5,18H,6-7H2. The Kier molecular flexibility index (Phi) is 3.07. The fourth-order valence-electron chi connectivity index (χ4n) is 2.40. The van der Waals surface area contributed by atoms with Gasteiger partial charge in [0.05, 0.1) is 5.69 Å². The molecule has 21 heavy (non-hydrogen) atoms. The van der Waals surface area contributed by atoms with E-state index in [1.54, 1.807) is 36.3 Å². The van der Waals surface area contributed by atoms with E-state index in [4.69, 9.17) is 0 Å². The molecule has 108 valence electrons. The van der Waals surface area contributed by atoms with Crippen LogP contribution in [-0.2, 0) is 17.4 Å². The van der Waals surface area contributed by atoms with Gasteiger partial charge in [-0.25, -0.2) is 9.78 Å². The normalized spacial score (nSPS) is 14.3. The Bertz CT molecular complexity index is 728. The smallest absolute Gasteiger partial charge is 0.374 e. The zero-order chi connectivity index (χ0) is 15.0. The summed E-state index contributed by atoms with van der Waals surface area (Å²) in [4.78, 5) is 14.5. The number of benzene rings is 1. The van der Waals surface area contributed by atoms with Crippen molar-refractivity contribution in [1.29, 1.82) is 0 Å². The molecule has 4 nitrogen and oxygen atoms in total.